The number of benzene rings is 1. The average molecular weight is 515 g/mol. The van der Waals surface area contributed by atoms with Crippen molar-refractivity contribution in [1.82, 2.24) is 14.9 Å². The van der Waals surface area contributed by atoms with Crippen LogP contribution in [-0.4, -0.2) is 47.4 Å². The molecule has 0 unspecified atom stereocenters. The zero-order chi connectivity index (χ0) is 24.3. The number of aromatic nitrogens is 2. The lowest BCUT2D eigenvalue weighted by atomic mass is 10.1. The maximum atomic E-state index is 13.0. The lowest BCUT2D eigenvalue weighted by molar-refractivity contribution is -0.124. The highest BCUT2D eigenvalue weighted by molar-refractivity contribution is 6.39. The summed E-state index contributed by atoms with van der Waals surface area (Å²) in [5.41, 5.74) is 0.867. The molecule has 8 nitrogen and oxygen atoms in total. The van der Waals surface area contributed by atoms with Crippen molar-refractivity contribution in [3.8, 4) is 17.3 Å². The highest BCUT2D eigenvalue weighted by Crippen LogP contribution is 2.38. The van der Waals surface area contributed by atoms with E-state index in [0.717, 1.165) is 0 Å². The van der Waals surface area contributed by atoms with Crippen molar-refractivity contribution >= 4 is 51.6 Å². The van der Waals surface area contributed by atoms with Gasteiger partial charge in [0.2, 0.25) is 11.8 Å². The molecule has 0 saturated heterocycles. The van der Waals surface area contributed by atoms with Crippen molar-refractivity contribution in [1.29, 1.82) is 0 Å². The molecular formula is C22H22Cl3N3O5. The normalized spacial score (nSPS) is 12.0. The molecule has 33 heavy (non-hydrogen) atoms. The summed E-state index contributed by atoms with van der Waals surface area (Å²) in [4.78, 5) is 28.9. The Kier molecular flexibility index (Phi) is 8.07. The van der Waals surface area contributed by atoms with Crippen LogP contribution in [0.5, 0.6) is 11.6 Å². The smallest absolute Gasteiger partial charge is 0.227 e. The molecule has 1 atom stereocenters. The van der Waals surface area contributed by atoms with E-state index >= 15 is 0 Å². The van der Waals surface area contributed by atoms with E-state index in [1.54, 1.807) is 30.5 Å². The van der Waals surface area contributed by atoms with Crippen LogP contribution in [-0.2, 0) is 4.79 Å². The van der Waals surface area contributed by atoms with Crippen LogP contribution in [0.15, 0.2) is 29.2 Å². The maximum Gasteiger partial charge on any atom is 0.227 e. The van der Waals surface area contributed by atoms with E-state index in [1.165, 1.54) is 19.3 Å². The molecule has 2 heterocycles. The molecule has 0 aliphatic carbocycles. The second kappa shape index (κ2) is 10.6. The van der Waals surface area contributed by atoms with Crippen LogP contribution in [0.4, 0.5) is 0 Å². The number of aliphatic hydroxyl groups excluding tert-OH is 1. The molecular weight excluding hydrogens is 493 g/mol. The number of hydrogen-bond acceptors (Lipinski definition) is 6. The Hall–Kier alpha value is -2.52. The number of nitrogens with one attached hydrogen (secondary N) is 1. The largest absolute Gasteiger partial charge is 0.491 e. The van der Waals surface area contributed by atoms with E-state index < -0.39 is 5.92 Å². The summed E-state index contributed by atoms with van der Waals surface area (Å²) in [6.07, 6.45) is 1.36. The van der Waals surface area contributed by atoms with Crippen LogP contribution in [0, 0.1) is 12.8 Å². The molecule has 0 saturated carbocycles. The maximum absolute atomic E-state index is 13.0. The third-order valence-electron chi connectivity index (χ3n) is 4.87. The molecule has 0 aliphatic heterocycles. The molecule has 176 valence electrons. The predicted molar refractivity (Wildman–Crippen MR) is 128 cm³/mol. The van der Waals surface area contributed by atoms with Crippen molar-refractivity contribution in [2.24, 2.45) is 5.92 Å². The minimum Gasteiger partial charge on any atom is -0.491 e. The highest BCUT2D eigenvalue weighted by Gasteiger charge is 2.22. The van der Waals surface area contributed by atoms with E-state index in [9.17, 15) is 9.59 Å². The fourth-order valence-corrected chi connectivity index (χ4v) is 4.20. The Morgan fingerprint density at radius 1 is 1.18 bits per heavy atom. The van der Waals surface area contributed by atoms with Crippen molar-refractivity contribution in [2.45, 2.75) is 13.8 Å². The Labute approximate surface area is 205 Å². The number of halogens is 3. The van der Waals surface area contributed by atoms with Gasteiger partial charge in [-0.2, -0.15) is 0 Å². The first-order valence-corrected chi connectivity index (χ1v) is 11.1. The van der Waals surface area contributed by atoms with Gasteiger partial charge < -0.3 is 24.5 Å². The molecule has 0 fully saturated rings. The van der Waals surface area contributed by atoms with Gasteiger partial charge in [-0.15, -0.1) is 0 Å². The Morgan fingerprint density at radius 3 is 2.45 bits per heavy atom. The molecule has 1 amide bonds. The van der Waals surface area contributed by atoms with E-state index in [4.69, 9.17) is 49.4 Å². The molecule has 2 aromatic heterocycles. The molecule has 0 spiro atoms. The monoisotopic (exact) mass is 513 g/mol. The minimum atomic E-state index is -0.467. The number of aliphatic hydroxyl groups is 1. The second-order valence-electron chi connectivity index (χ2n) is 7.25. The SMILES string of the molecule is CNC(=O)[C@H](C)COc1ncc(Cl)c2c1c(=O)cc(C)n2-c1c(Cl)cc(OCCO)cc1Cl. The van der Waals surface area contributed by atoms with Crippen LogP contribution >= 0.6 is 34.8 Å². The lowest BCUT2D eigenvalue weighted by Gasteiger charge is -2.20. The average Bonchev–Trinajstić information content (AvgIpc) is 2.77. The summed E-state index contributed by atoms with van der Waals surface area (Å²) in [5.74, 6) is -0.251. The van der Waals surface area contributed by atoms with Crippen LogP contribution in [0.1, 0.15) is 12.6 Å². The molecule has 2 N–H and O–H groups in total. The lowest BCUT2D eigenvalue weighted by Crippen LogP contribution is -2.29. The summed E-state index contributed by atoms with van der Waals surface area (Å²) >= 11 is 19.6. The van der Waals surface area contributed by atoms with Gasteiger partial charge in [0.1, 0.15) is 24.3 Å². The number of carbonyl (C=O) groups is 1. The van der Waals surface area contributed by atoms with E-state index in [0.29, 0.717) is 22.6 Å². The van der Waals surface area contributed by atoms with Crippen molar-refractivity contribution in [2.75, 3.05) is 26.9 Å². The minimum absolute atomic E-state index is 0.00906. The summed E-state index contributed by atoms with van der Waals surface area (Å²) in [7, 11) is 1.53. The number of ether oxygens (including phenoxy) is 2. The third-order valence-corrected chi connectivity index (χ3v) is 5.73. The van der Waals surface area contributed by atoms with Gasteiger partial charge in [0.15, 0.2) is 5.43 Å². The first-order chi connectivity index (χ1) is 15.7. The molecule has 0 bridgehead atoms. The zero-order valence-electron chi connectivity index (χ0n) is 18.1. The number of carbonyl (C=O) groups excluding carboxylic acids is 1. The zero-order valence-corrected chi connectivity index (χ0v) is 20.4. The highest BCUT2D eigenvalue weighted by atomic mass is 35.5. The Morgan fingerprint density at radius 2 is 1.85 bits per heavy atom. The van der Waals surface area contributed by atoms with E-state index in [-0.39, 0.29) is 57.5 Å². The van der Waals surface area contributed by atoms with Gasteiger partial charge >= 0.3 is 0 Å². The molecule has 0 aliphatic rings. The van der Waals surface area contributed by atoms with Crippen molar-refractivity contribution in [3.05, 3.63) is 55.4 Å². The van der Waals surface area contributed by atoms with Crippen LogP contribution in [0.3, 0.4) is 0 Å². The molecule has 11 heteroatoms. The second-order valence-corrected chi connectivity index (χ2v) is 8.48. The summed E-state index contributed by atoms with van der Waals surface area (Å²) in [6, 6.07) is 4.51. The van der Waals surface area contributed by atoms with Gasteiger partial charge in [-0.1, -0.05) is 41.7 Å². The number of fused-ring (bicyclic) bond motifs is 1. The van der Waals surface area contributed by atoms with Gasteiger partial charge in [-0.3, -0.25) is 9.59 Å². The fourth-order valence-electron chi connectivity index (χ4n) is 3.33. The Balaban J connectivity index is 2.20. The van der Waals surface area contributed by atoms with Crippen LogP contribution < -0.4 is 20.2 Å². The summed E-state index contributed by atoms with van der Waals surface area (Å²) in [5, 5.41) is 12.3. The van der Waals surface area contributed by atoms with E-state index in [1.807, 2.05) is 0 Å². The third kappa shape index (κ3) is 5.19. The number of nitrogens with zero attached hydrogens (tertiary/aromatic N) is 2. The van der Waals surface area contributed by atoms with Gasteiger partial charge in [-0.05, 0) is 6.92 Å². The van der Waals surface area contributed by atoms with Crippen LogP contribution in [0.25, 0.3) is 16.6 Å². The number of amides is 1. The van der Waals surface area contributed by atoms with E-state index in [2.05, 4.69) is 10.3 Å². The number of hydrogen-bond donors (Lipinski definition) is 2. The van der Waals surface area contributed by atoms with Gasteiger partial charge in [-0.25, -0.2) is 4.98 Å². The number of pyridine rings is 2. The predicted octanol–water partition coefficient (Wildman–Crippen LogP) is 3.79. The molecule has 3 aromatic rings. The van der Waals surface area contributed by atoms with Crippen molar-refractivity contribution in [3.63, 3.8) is 0 Å². The molecule has 0 radical (unpaired) electrons. The molecule has 3 rings (SSSR count). The first kappa shape index (κ1) is 25.1. The quantitative estimate of drug-likeness (QED) is 0.474. The fraction of sp³-hybridized carbons (Fsp3) is 0.318. The Bertz CT molecular complexity index is 1240. The number of aryl methyl sites for hydroxylation is 1. The number of rotatable bonds is 8. The van der Waals surface area contributed by atoms with Gasteiger partial charge in [0.05, 0.1) is 45.0 Å². The van der Waals surface area contributed by atoms with Crippen LogP contribution in [0.2, 0.25) is 15.1 Å². The summed E-state index contributed by atoms with van der Waals surface area (Å²) in [6.45, 7) is 3.34. The van der Waals surface area contributed by atoms with Crippen molar-refractivity contribution < 1.29 is 19.4 Å². The van der Waals surface area contributed by atoms with Gasteiger partial charge in [0.25, 0.3) is 0 Å². The molecule has 1 aromatic carbocycles. The van der Waals surface area contributed by atoms with Gasteiger partial charge in [0, 0.05) is 30.9 Å². The standard InChI is InChI=1S/C22H22Cl3N3O5/c1-11(21(31)26-3)10-33-22-18-17(30)6-12(2)28(20(18)16(25)9-27-22)19-14(23)7-13(8-15(19)24)32-5-4-29/h6-9,11,29H,4-5,10H2,1-3H3,(H,26,31)/t11-/m1/s1. The topological polar surface area (TPSA) is 103 Å². The summed E-state index contributed by atoms with van der Waals surface area (Å²) < 4.78 is 12.8. The first-order valence-electron chi connectivity index (χ1n) is 9.97.